The largest absolute Gasteiger partial charge is 0.481 e. The summed E-state index contributed by atoms with van der Waals surface area (Å²) in [5.74, 6) is 0.0516. The normalized spacial score (nSPS) is 21.7. The van der Waals surface area contributed by atoms with Crippen LogP contribution in [0, 0.1) is 11.8 Å². The fourth-order valence-electron chi connectivity index (χ4n) is 4.22. The molecule has 0 saturated heterocycles. The lowest BCUT2D eigenvalue weighted by Crippen LogP contribution is -2.35. The molecule has 1 aromatic rings. The molecule has 1 saturated carbocycles. The Morgan fingerprint density at radius 2 is 2.03 bits per heavy atom. The molecule has 1 aromatic carbocycles. The third-order valence-electron chi connectivity index (χ3n) is 5.72. The summed E-state index contributed by atoms with van der Waals surface area (Å²) in [6.07, 6.45) is 10.1. The lowest BCUT2D eigenvalue weighted by molar-refractivity contribution is -0.137. The van der Waals surface area contributed by atoms with Gasteiger partial charge >= 0.3 is 5.97 Å². The molecule has 0 aliphatic heterocycles. The lowest BCUT2D eigenvalue weighted by Gasteiger charge is -2.38. The molecule has 5 nitrogen and oxygen atoms in total. The topological polar surface area (TPSA) is 83.5 Å². The van der Waals surface area contributed by atoms with Crippen LogP contribution in [0.2, 0.25) is 5.02 Å². The Kier molecular flexibility index (Phi) is 7.41. The van der Waals surface area contributed by atoms with Crippen LogP contribution in [-0.4, -0.2) is 25.2 Å². The van der Waals surface area contributed by atoms with Crippen molar-refractivity contribution in [1.29, 1.82) is 0 Å². The van der Waals surface area contributed by atoms with Crippen LogP contribution in [0.4, 0.5) is 0 Å². The van der Waals surface area contributed by atoms with Gasteiger partial charge in [0.05, 0.1) is 5.75 Å². The molecule has 3 aliphatic rings. The molecule has 0 heterocycles. The van der Waals surface area contributed by atoms with Crippen LogP contribution in [0.5, 0.6) is 0 Å². The molecule has 158 valence electrons. The van der Waals surface area contributed by atoms with Gasteiger partial charge in [-0.1, -0.05) is 35.9 Å². The number of fused-ring (bicyclic) bond motifs is 3. The van der Waals surface area contributed by atoms with Crippen molar-refractivity contribution < 1.29 is 18.3 Å². The van der Waals surface area contributed by atoms with E-state index in [0.717, 1.165) is 43.4 Å². The number of carboxylic acid groups (broad SMARTS) is 1. The van der Waals surface area contributed by atoms with Gasteiger partial charge in [-0.2, -0.15) is 0 Å². The van der Waals surface area contributed by atoms with E-state index < -0.39 is 16.0 Å². The summed E-state index contributed by atoms with van der Waals surface area (Å²) in [5.41, 5.74) is 3.03. The van der Waals surface area contributed by atoms with Crippen LogP contribution >= 0.6 is 11.6 Å². The van der Waals surface area contributed by atoms with E-state index in [1.54, 1.807) is 12.1 Å². The fraction of sp³-hybridized carbons (Fsp3) is 0.500. The van der Waals surface area contributed by atoms with Crippen molar-refractivity contribution in [2.75, 3.05) is 5.75 Å². The van der Waals surface area contributed by atoms with Crippen molar-refractivity contribution in [3.63, 3.8) is 0 Å². The molecule has 7 heteroatoms. The number of carbonyl (C=O) groups is 1. The maximum absolute atomic E-state index is 12.6. The molecular formula is C22H28ClNO4S. The SMILES string of the molecule is O=C(O)CCCC=CC1CC2CCC1=C(NS(=O)(=O)CCc1ccc(Cl)cc1)C2. The Labute approximate surface area is 177 Å². The summed E-state index contributed by atoms with van der Waals surface area (Å²) in [4.78, 5) is 10.6. The summed E-state index contributed by atoms with van der Waals surface area (Å²) >= 11 is 5.88. The Bertz CT molecular complexity index is 890. The van der Waals surface area contributed by atoms with Gasteiger partial charge in [-0.25, -0.2) is 8.42 Å². The minimum atomic E-state index is -3.40. The maximum atomic E-state index is 12.6. The number of benzene rings is 1. The van der Waals surface area contributed by atoms with Gasteiger partial charge in [-0.15, -0.1) is 0 Å². The van der Waals surface area contributed by atoms with E-state index in [1.165, 1.54) is 5.57 Å². The lowest BCUT2D eigenvalue weighted by atomic mass is 9.69. The van der Waals surface area contributed by atoms with Crippen LogP contribution in [0.25, 0.3) is 0 Å². The molecule has 1 fully saturated rings. The number of unbranched alkanes of at least 4 members (excludes halogenated alkanes) is 1. The van der Waals surface area contributed by atoms with Gasteiger partial charge in [-0.05, 0) is 80.1 Å². The Hall–Kier alpha value is -1.79. The van der Waals surface area contributed by atoms with Gasteiger partial charge < -0.3 is 5.11 Å². The second kappa shape index (κ2) is 9.81. The zero-order chi connectivity index (χ0) is 20.9. The van der Waals surface area contributed by atoms with Gasteiger partial charge in [0.15, 0.2) is 0 Å². The van der Waals surface area contributed by atoms with Crippen LogP contribution in [0.15, 0.2) is 47.7 Å². The summed E-state index contributed by atoms with van der Waals surface area (Å²) in [6.45, 7) is 0. The van der Waals surface area contributed by atoms with Gasteiger partial charge in [-0.3, -0.25) is 9.52 Å². The number of carboxylic acids is 1. The Balaban J connectivity index is 1.60. The molecule has 29 heavy (non-hydrogen) atoms. The van der Waals surface area contributed by atoms with Gasteiger partial charge in [0.1, 0.15) is 0 Å². The number of rotatable bonds is 10. The number of hydrogen-bond acceptors (Lipinski definition) is 3. The number of nitrogens with one attached hydrogen (secondary N) is 1. The standard InChI is InChI=1S/C22H28ClNO4S/c23-19-9-6-16(7-10-19)12-13-29(27,28)24-21-15-17-8-11-20(21)18(14-17)4-2-1-3-5-22(25)26/h2,4,6-7,9-10,17-18,24H,1,3,5,8,11-15H2,(H,25,26). The molecule has 2 atom stereocenters. The van der Waals surface area contributed by atoms with Crippen molar-refractivity contribution in [2.24, 2.45) is 11.8 Å². The first kappa shape index (κ1) is 21.9. The second-order valence-corrected chi connectivity index (χ2v) is 10.2. The average Bonchev–Trinajstić information content (AvgIpc) is 2.67. The first-order chi connectivity index (χ1) is 13.8. The first-order valence-corrected chi connectivity index (χ1v) is 12.2. The van der Waals surface area contributed by atoms with E-state index >= 15 is 0 Å². The van der Waals surface area contributed by atoms with E-state index in [2.05, 4.69) is 10.8 Å². The summed E-state index contributed by atoms with van der Waals surface area (Å²) < 4.78 is 28.1. The van der Waals surface area contributed by atoms with E-state index in [4.69, 9.17) is 16.7 Å². The molecule has 4 rings (SSSR count). The average molecular weight is 438 g/mol. The van der Waals surface area contributed by atoms with E-state index in [-0.39, 0.29) is 18.1 Å². The van der Waals surface area contributed by atoms with E-state index in [0.29, 0.717) is 23.8 Å². The molecule has 2 bridgehead atoms. The molecule has 2 unspecified atom stereocenters. The predicted molar refractivity (Wildman–Crippen MR) is 115 cm³/mol. The maximum Gasteiger partial charge on any atom is 0.303 e. The minimum Gasteiger partial charge on any atom is -0.481 e. The highest BCUT2D eigenvalue weighted by molar-refractivity contribution is 7.89. The molecular weight excluding hydrogens is 410 g/mol. The number of allylic oxidation sites excluding steroid dienone is 4. The highest BCUT2D eigenvalue weighted by atomic mass is 35.5. The van der Waals surface area contributed by atoms with E-state index in [1.807, 2.05) is 18.2 Å². The molecule has 0 radical (unpaired) electrons. The third-order valence-corrected chi connectivity index (χ3v) is 7.27. The van der Waals surface area contributed by atoms with Crippen LogP contribution in [0.3, 0.4) is 0 Å². The van der Waals surface area contributed by atoms with Crippen LogP contribution < -0.4 is 4.72 Å². The van der Waals surface area contributed by atoms with Crippen molar-refractivity contribution in [3.05, 3.63) is 58.3 Å². The first-order valence-electron chi connectivity index (χ1n) is 10.2. The number of aliphatic carboxylic acids is 1. The predicted octanol–water partition coefficient (Wildman–Crippen LogP) is 4.69. The Morgan fingerprint density at radius 1 is 1.28 bits per heavy atom. The Morgan fingerprint density at radius 3 is 2.72 bits per heavy atom. The van der Waals surface area contributed by atoms with Crippen molar-refractivity contribution in [3.8, 4) is 0 Å². The van der Waals surface area contributed by atoms with Gasteiger partial charge in [0.25, 0.3) is 0 Å². The fourth-order valence-corrected chi connectivity index (χ4v) is 5.54. The number of sulfonamides is 1. The highest BCUT2D eigenvalue weighted by Gasteiger charge is 2.34. The van der Waals surface area contributed by atoms with Crippen molar-refractivity contribution >= 4 is 27.6 Å². The summed E-state index contributed by atoms with van der Waals surface area (Å²) in [6, 6.07) is 7.26. The highest BCUT2D eigenvalue weighted by Crippen LogP contribution is 2.44. The van der Waals surface area contributed by atoms with Crippen molar-refractivity contribution in [2.45, 2.75) is 51.4 Å². The second-order valence-electron chi connectivity index (χ2n) is 7.97. The van der Waals surface area contributed by atoms with Gasteiger partial charge in [0.2, 0.25) is 10.0 Å². The zero-order valence-electron chi connectivity index (χ0n) is 16.4. The molecule has 0 aromatic heterocycles. The van der Waals surface area contributed by atoms with Gasteiger partial charge in [0, 0.05) is 17.1 Å². The molecule has 3 aliphatic carbocycles. The molecule has 2 N–H and O–H groups in total. The number of hydrogen-bond donors (Lipinski definition) is 2. The zero-order valence-corrected chi connectivity index (χ0v) is 18.0. The van der Waals surface area contributed by atoms with Crippen molar-refractivity contribution in [1.82, 2.24) is 4.72 Å². The smallest absolute Gasteiger partial charge is 0.303 e. The number of halogens is 1. The monoisotopic (exact) mass is 437 g/mol. The van der Waals surface area contributed by atoms with Crippen LogP contribution in [0.1, 0.15) is 50.5 Å². The molecule has 0 spiro atoms. The third kappa shape index (κ3) is 6.61. The quantitative estimate of drug-likeness (QED) is 0.411. The summed E-state index contributed by atoms with van der Waals surface area (Å²) in [7, 11) is -3.40. The minimum absolute atomic E-state index is 0.0474. The molecule has 0 amide bonds. The number of aryl methyl sites for hydroxylation is 1. The van der Waals surface area contributed by atoms with E-state index in [9.17, 15) is 13.2 Å². The van der Waals surface area contributed by atoms with Crippen LogP contribution in [-0.2, 0) is 21.2 Å². The summed E-state index contributed by atoms with van der Waals surface area (Å²) in [5, 5.41) is 9.36.